The summed E-state index contributed by atoms with van der Waals surface area (Å²) in [6, 6.07) is 0. The Morgan fingerprint density at radius 1 is 1.06 bits per heavy atom. The molecule has 2 nitrogen and oxygen atoms in total. The van der Waals surface area contributed by atoms with Crippen LogP contribution in [0.4, 0.5) is 0 Å². The molecule has 2 rings (SSSR count). The van der Waals surface area contributed by atoms with E-state index in [1.807, 2.05) is 0 Å². The molecule has 0 bridgehead atoms. The van der Waals surface area contributed by atoms with E-state index in [0.717, 1.165) is 43.9 Å². The summed E-state index contributed by atoms with van der Waals surface area (Å²) in [6.45, 7) is 0. The molecule has 0 atom stereocenters. The van der Waals surface area contributed by atoms with Crippen LogP contribution in [-0.4, -0.2) is 24.8 Å². The van der Waals surface area contributed by atoms with Gasteiger partial charge in [0.1, 0.15) is 0 Å². The Hall–Kier alpha value is 0.430. The summed E-state index contributed by atoms with van der Waals surface area (Å²) in [5, 5.41) is 0.823. The predicted octanol–water partition coefficient (Wildman–Crippen LogP) is 3.30. The minimum absolute atomic E-state index is 0.0298. The summed E-state index contributed by atoms with van der Waals surface area (Å²) < 4.78 is 24.7. The normalized spacial score (nSPS) is 26.3. The topological polar surface area (TPSA) is 34.1 Å². The van der Waals surface area contributed by atoms with E-state index in [1.165, 1.54) is 12.8 Å². The molecule has 2 aliphatic rings. The number of halogens is 1. The van der Waals surface area contributed by atoms with Crippen LogP contribution in [0.15, 0.2) is 0 Å². The minimum atomic E-state index is -2.84. The molecule has 0 unspecified atom stereocenters. The van der Waals surface area contributed by atoms with Gasteiger partial charge in [-0.2, -0.15) is 0 Å². The second-order valence-corrected chi connectivity index (χ2v) is 8.40. The largest absolute Gasteiger partial charge is 0.229 e. The van der Waals surface area contributed by atoms with E-state index in [2.05, 4.69) is 15.9 Å². The summed E-state index contributed by atoms with van der Waals surface area (Å²) >= 11 is 3.50. The number of rotatable bonds is 4. The highest BCUT2D eigenvalue weighted by molar-refractivity contribution is 9.09. The number of alkyl halides is 1. The average Bonchev–Trinajstić information content (AvgIpc) is 2.25. The van der Waals surface area contributed by atoms with Gasteiger partial charge in [-0.05, 0) is 31.1 Å². The van der Waals surface area contributed by atoms with Gasteiger partial charge in [-0.1, -0.05) is 41.6 Å². The Labute approximate surface area is 107 Å². The van der Waals surface area contributed by atoms with Gasteiger partial charge >= 0.3 is 0 Å². The molecule has 0 spiro atoms. The van der Waals surface area contributed by atoms with Crippen molar-refractivity contribution in [3.8, 4) is 0 Å². The van der Waals surface area contributed by atoms with E-state index < -0.39 is 9.84 Å². The van der Waals surface area contributed by atoms with Crippen molar-refractivity contribution in [1.82, 2.24) is 0 Å². The maximum atomic E-state index is 12.3. The molecular weight excluding hydrogens is 288 g/mol. The van der Waals surface area contributed by atoms with Crippen LogP contribution in [0, 0.1) is 5.41 Å². The van der Waals surface area contributed by atoms with Gasteiger partial charge in [0.15, 0.2) is 9.84 Å². The Morgan fingerprint density at radius 2 is 1.69 bits per heavy atom. The van der Waals surface area contributed by atoms with Crippen molar-refractivity contribution in [2.24, 2.45) is 5.41 Å². The first-order chi connectivity index (χ1) is 7.58. The molecular formula is C12H21BrO2S. The first-order valence-electron chi connectivity index (χ1n) is 6.36. The third kappa shape index (κ3) is 2.63. The molecule has 4 heteroatoms. The summed E-state index contributed by atoms with van der Waals surface area (Å²) in [5.41, 5.74) is 0.0796. The van der Waals surface area contributed by atoms with Crippen molar-refractivity contribution in [2.75, 3.05) is 11.1 Å². The third-order valence-electron chi connectivity index (χ3n) is 4.27. The lowest BCUT2D eigenvalue weighted by molar-refractivity contribution is 0.202. The maximum absolute atomic E-state index is 12.3. The molecule has 0 amide bonds. The minimum Gasteiger partial charge on any atom is -0.229 e. The van der Waals surface area contributed by atoms with Gasteiger partial charge in [-0.15, -0.1) is 0 Å². The highest BCUT2D eigenvalue weighted by Gasteiger charge is 2.42. The first kappa shape index (κ1) is 12.9. The van der Waals surface area contributed by atoms with Crippen LogP contribution in [0.25, 0.3) is 0 Å². The molecule has 2 saturated carbocycles. The third-order valence-corrected chi connectivity index (χ3v) is 7.96. The van der Waals surface area contributed by atoms with E-state index in [4.69, 9.17) is 0 Å². The van der Waals surface area contributed by atoms with Crippen molar-refractivity contribution < 1.29 is 8.42 Å². The summed E-state index contributed by atoms with van der Waals surface area (Å²) in [6.07, 6.45) is 8.60. The Balaban J connectivity index is 2.01. The average molecular weight is 309 g/mol. The van der Waals surface area contributed by atoms with Crippen molar-refractivity contribution in [3.63, 3.8) is 0 Å². The Morgan fingerprint density at radius 3 is 2.12 bits per heavy atom. The van der Waals surface area contributed by atoms with Crippen LogP contribution in [0.3, 0.4) is 0 Å². The van der Waals surface area contributed by atoms with Crippen LogP contribution < -0.4 is 0 Å². The van der Waals surface area contributed by atoms with E-state index in [-0.39, 0.29) is 10.7 Å². The highest BCUT2D eigenvalue weighted by Crippen LogP contribution is 2.44. The van der Waals surface area contributed by atoms with E-state index in [9.17, 15) is 8.42 Å². The molecule has 16 heavy (non-hydrogen) atoms. The van der Waals surface area contributed by atoms with Gasteiger partial charge in [0, 0.05) is 5.33 Å². The lowest BCUT2D eigenvalue weighted by Crippen LogP contribution is -2.41. The van der Waals surface area contributed by atoms with Gasteiger partial charge in [-0.3, -0.25) is 0 Å². The number of hydrogen-bond donors (Lipinski definition) is 0. The summed E-state index contributed by atoms with van der Waals surface area (Å²) in [4.78, 5) is 0. The molecule has 0 aromatic carbocycles. The van der Waals surface area contributed by atoms with Crippen molar-refractivity contribution in [3.05, 3.63) is 0 Å². The van der Waals surface area contributed by atoms with Crippen LogP contribution in [0.1, 0.15) is 51.4 Å². The second-order valence-electron chi connectivity index (χ2n) is 5.55. The van der Waals surface area contributed by atoms with Crippen LogP contribution in [0.2, 0.25) is 0 Å². The molecule has 0 aromatic heterocycles. The zero-order chi connectivity index (χ0) is 11.6. The van der Waals surface area contributed by atoms with E-state index >= 15 is 0 Å². The second kappa shape index (κ2) is 4.97. The lowest BCUT2D eigenvalue weighted by Gasteiger charge is -2.41. The van der Waals surface area contributed by atoms with Gasteiger partial charge < -0.3 is 0 Å². The fourth-order valence-electron chi connectivity index (χ4n) is 2.96. The summed E-state index contributed by atoms with van der Waals surface area (Å²) in [5.74, 6) is 0.427. The number of sulfone groups is 1. The molecule has 2 aliphatic carbocycles. The molecule has 0 aliphatic heterocycles. The zero-order valence-corrected chi connectivity index (χ0v) is 12.2. The molecule has 0 N–H and O–H groups in total. The Kier molecular flexibility index (Phi) is 4.00. The van der Waals surface area contributed by atoms with E-state index in [0.29, 0.717) is 5.75 Å². The molecule has 2 fully saturated rings. The van der Waals surface area contributed by atoms with Gasteiger partial charge in [-0.25, -0.2) is 8.42 Å². The van der Waals surface area contributed by atoms with Crippen molar-refractivity contribution in [1.29, 1.82) is 0 Å². The van der Waals surface area contributed by atoms with Crippen molar-refractivity contribution >= 4 is 25.8 Å². The molecule has 94 valence electrons. The number of hydrogen-bond acceptors (Lipinski definition) is 2. The standard InChI is InChI=1S/C12H21BrO2S/c13-9-12(7-4-8-12)10-16(14,15)11-5-2-1-3-6-11/h11H,1-10H2. The smallest absolute Gasteiger partial charge is 0.153 e. The lowest BCUT2D eigenvalue weighted by atomic mass is 9.72. The van der Waals surface area contributed by atoms with Crippen LogP contribution in [0.5, 0.6) is 0 Å². The molecule has 0 heterocycles. The fourth-order valence-corrected chi connectivity index (χ4v) is 6.52. The fraction of sp³-hybridized carbons (Fsp3) is 1.00. The van der Waals surface area contributed by atoms with Crippen LogP contribution in [-0.2, 0) is 9.84 Å². The quantitative estimate of drug-likeness (QED) is 0.747. The van der Waals surface area contributed by atoms with E-state index in [1.54, 1.807) is 0 Å². The van der Waals surface area contributed by atoms with Gasteiger partial charge in [0.05, 0.1) is 11.0 Å². The van der Waals surface area contributed by atoms with Crippen LogP contribution >= 0.6 is 15.9 Å². The molecule has 0 aromatic rings. The SMILES string of the molecule is O=S(=O)(CC1(CBr)CCC1)C1CCCCC1. The zero-order valence-electron chi connectivity index (χ0n) is 9.75. The molecule has 0 radical (unpaired) electrons. The highest BCUT2D eigenvalue weighted by atomic mass is 79.9. The monoisotopic (exact) mass is 308 g/mol. The van der Waals surface area contributed by atoms with Gasteiger partial charge in [0.25, 0.3) is 0 Å². The van der Waals surface area contributed by atoms with Crippen molar-refractivity contribution in [2.45, 2.75) is 56.6 Å². The predicted molar refractivity (Wildman–Crippen MR) is 70.7 cm³/mol. The summed E-state index contributed by atoms with van der Waals surface area (Å²) in [7, 11) is -2.84. The molecule has 0 saturated heterocycles. The maximum Gasteiger partial charge on any atom is 0.153 e. The van der Waals surface area contributed by atoms with Gasteiger partial charge in [0.2, 0.25) is 0 Å². The Bertz CT molecular complexity index is 321. The first-order valence-corrected chi connectivity index (χ1v) is 9.19.